The quantitative estimate of drug-likeness (QED) is 0.684. The second-order valence-corrected chi connectivity index (χ2v) is 6.44. The lowest BCUT2D eigenvalue weighted by Crippen LogP contribution is -2.37. The fraction of sp³-hybridized carbons (Fsp3) is 0.412. The lowest BCUT2D eigenvalue weighted by Gasteiger charge is -2.27. The van der Waals surface area contributed by atoms with Gasteiger partial charge in [-0.15, -0.1) is 0 Å². The second-order valence-electron chi connectivity index (χ2n) is 6.44. The molecule has 5 atom stereocenters. The van der Waals surface area contributed by atoms with Gasteiger partial charge in [-0.2, -0.15) is 4.39 Å². The number of hydrogen-bond acceptors (Lipinski definition) is 6. The van der Waals surface area contributed by atoms with E-state index in [1.165, 1.54) is 0 Å². The summed E-state index contributed by atoms with van der Waals surface area (Å²) in [5.74, 6) is -1.12. The molecule has 0 bridgehead atoms. The van der Waals surface area contributed by atoms with Crippen molar-refractivity contribution in [3.63, 3.8) is 0 Å². The van der Waals surface area contributed by atoms with Crippen LogP contribution in [0.15, 0.2) is 46.1 Å². The first-order valence-electron chi connectivity index (χ1n) is 8.15. The molecule has 0 amide bonds. The molecule has 2 aliphatic rings. The molecule has 1 aromatic carbocycles. The van der Waals surface area contributed by atoms with Crippen LogP contribution in [0.2, 0.25) is 0 Å². The minimum absolute atomic E-state index is 0.0978. The fourth-order valence-electron chi connectivity index (χ4n) is 3.76. The first-order valence-corrected chi connectivity index (χ1v) is 8.15. The molecule has 0 saturated carbocycles. The molecule has 2 fully saturated rings. The van der Waals surface area contributed by atoms with Crippen molar-refractivity contribution < 1.29 is 24.1 Å². The van der Waals surface area contributed by atoms with Crippen LogP contribution in [0.25, 0.3) is 0 Å². The summed E-state index contributed by atoms with van der Waals surface area (Å²) in [6.07, 6.45) is -2.91. The smallest absolute Gasteiger partial charge is 0.330 e. The van der Waals surface area contributed by atoms with Gasteiger partial charge in [-0.3, -0.25) is 14.3 Å². The average molecular weight is 364 g/mol. The van der Waals surface area contributed by atoms with E-state index < -0.39 is 53.8 Å². The van der Waals surface area contributed by atoms with Crippen LogP contribution in [0.4, 0.5) is 4.39 Å². The van der Waals surface area contributed by atoms with E-state index in [4.69, 9.17) is 9.47 Å². The predicted octanol–water partition coefficient (Wildman–Crippen LogP) is -0.389. The van der Waals surface area contributed by atoms with E-state index in [1.807, 2.05) is 11.1 Å². The number of aliphatic hydroxyl groups excluding tert-OH is 2. The Morgan fingerprint density at radius 3 is 2.73 bits per heavy atom. The predicted molar refractivity (Wildman–Crippen MR) is 85.9 cm³/mol. The monoisotopic (exact) mass is 364 g/mol. The third-order valence-corrected chi connectivity index (χ3v) is 4.97. The van der Waals surface area contributed by atoms with E-state index in [0.29, 0.717) is 5.56 Å². The molecule has 9 heteroatoms. The Morgan fingerprint density at radius 1 is 1.31 bits per heavy atom. The molecule has 138 valence electrons. The van der Waals surface area contributed by atoms with Crippen LogP contribution in [-0.2, 0) is 15.1 Å². The van der Waals surface area contributed by atoms with Crippen molar-refractivity contribution in [2.45, 2.75) is 36.6 Å². The molecule has 2 saturated heterocycles. The zero-order valence-electron chi connectivity index (χ0n) is 13.5. The van der Waals surface area contributed by atoms with Gasteiger partial charge >= 0.3 is 5.69 Å². The van der Waals surface area contributed by atoms with Gasteiger partial charge in [0.15, 0.2) is 0 Å². The van der Waals surface area contributed by atoms with E-state index in [-0.39, 0.29) is 6.42 Å². The highest BCUT2D eigenvalue weighted by molar-refractivity contribution is 5.29. The number of aromatic nitrogens is 2. The molecule has 1 aromatic heterocycles. The molecule has 3 heterocycles. The van der Waals surface area contributed by atoms with Crippen molar-refractivity contribution in [1.29, 1.82) is 0 Å². The van der Waals surface area contributed by atoms with E-state index in [9.17, 15) is 24.2 Å². The number of fused-ring (bicyclic) bond motifs is 1. The number of H-pyrrole nitrogens is 1. The summed E-state index contributed by atoms with van der Waals surface area (Å²) in [7, 11) is 0. The Hall–Kier alpha value is -2.33. The highest BCUT2D eigenvalue weighted by atomic mass is 19.1. The molecular weight excluding hydrogens is 347 g/mol. The Balaban J connectivity index is 1.78. The summed E-state index contributed by atoms with van der Waals surface area (Å²) in [5.41, 5.74) is -2.33. The molecule has 0 aliphatic carbocycles. The number of ether oxygens (including phenoxy) is 2. The third-order valence-electron chi connectivity index (χ3n) is 4.97. The number of halogens is 1. The summed E-state index contributed by atoms with van der Waals surface area (Å²) in [5, 5.41) is 20.0. The molecule has 0 radical (unpaired) electrons. The van der Waals surface area contributed by atoms with Gasteiger partial charge in [-0.1, -0.05) is 30.3 Å². The Morgan fingerprint density at radius 2 is 2.04 bits per heavy atom. The van der Waals surface area contributed by atoms with Crippen LogP contribution in [0.1, 0.15) is 18.2 Å². The van der Waals surface area contributed by atoms with Crippen molar-refractivity contribution in [2.24, 2.45) is 0 Å². The third kappa shape index (κ3) is 2.43. The topological polar surface area (TPSA) is 114 Å². The van der Waals surface area contributed by atoms with Crippen molar-refractivity contribution in [3.8, 4) is 0 Å². The van der Waals surface area contributed by atoms with Gasteiger partial charge in [0.25, 0.3) is 5.56 Å². The number of nitrogens with one attached hydrogen (secondary N) is 1. The number of rotatable bonds is 3. The van der Waals surface area contributed by atoms with Crippen molar-refractivity contribution >= 4 is 0 Å². The van der Waals surface area contributed by atoms with Crippen LogP contribution in [0, 0.1) is 5.82 Å². The van der Waals surface area contributed by atoms with Crippen LogP contribution in [-0.4, -0.2) is 44.7 Å². The highest BCUT2D eigenvalue weighted by Gasteiger charge is 2.62. The zero-order chi connectivity index (χ0) is 18.5. The summed E-state index contributed by atoms with van der Waals surface area (Å²) in [6.45, 7) is -0.395. The molecule has 8 nitrogen and oxygen atoms in total. The number of hydrogen-bond donors (Lipinski definition) is 3. The maximum absolute atomic E-state index is 13.6. The minimum atomic E-state index is -1.13. The van der Waals surface area contributed by atoms with Gasteiger partial charge in [-0.05, 0) is 5.56 Å². The number of nitrogens with zero attached hydrogens (tertiary/aromatic N) is 1. The van der Waals surface area contributed by atoms with E-state index in [1.54, 1.807) is 24.3 Å². The fourth-order valence-corrected chi connectivity index (χ4v) is 3.76. The first-order chi connectivity index (χ1) is 12.5. The molecule has 3 N–H and O–H groups in total. The Bertz CT molecular complexity index is 929. The van der Waals surface area contributed by atoms with Gasteiger partial charge < -0.3 is 19.7 Å². The van der Waals surface area contributed by atoms with Gasteiger partial charge in [0, 0.05) is 6.42 Å². The average Bonchev–Trinajstić information content (AvgIpc) is 3.14. The summed E-state index contributed by atoms with van der Waals surface area (Å²) in [6, 6.07) is 8.99. The molecule has 4 rings (SSSR count). The second kappa shape index (κ2) is 6.13. The molecular formula is C17H17FN2O6. The molecule has 26 heavy (non-hydrogen) atoms. The molecule has 0 unspecified atom stereocenters. The van der Waals surface area contributed by atoms with E-state index in [2.05, 4.69) is 0 Å². The summed E-state index contributed by atoms with van der Waals surface area (Å²) < 4.78 is 26.4. The Kier molecular flexibility index (Phi) is 4.03. The minimum Gasteiger partial charge on any atom is -0.394 e. The maximum atomic E-state index is 13.6. The van der Waals surface area contributed by atoms with Crippen molar-refractivity contribution in [2.75, 3.05) is 6.61 Å². The molecule has 0 spiro atoms. The normalized spacial score (nSPS) is 33.3. The lowest BCUT2D eigenvalue weighted by atomic mass is 9.86. The van der Waals surface area contributed by atoms with E-state index >= 15 is 0 Å². The number of benzene rings is 1. The van der Waals surface area contributed by atoms with Gasteiger partial charge in [0.1, 0.15) is 30.1 Å². The highest BCUT2D eigenvalue weighted by Crippen LogP contribution is 2.52. The zero-order valence-corrected chi connectivity index (χ0v) is 13.5. The summed E-state index contributed by atoms with van der Waals surface area (Å²) in [4.78, 5) is 25.2. The van der Waals surface area contributed by atoms with Crippen LogP contribution in [0.3, 0.4) is 0 Å². The summed E-state index contributed by atoms with van der Waals surface area (Å²) >= 11 is 0. The standard InChI is InChI=1S/C17H17FN2O6/c18-10-7-20(16(24)19-15(10)23)12-6-17(9-4-2-1-3-5-9)14(25-12)13(22)11(8-21)26-17/h1-5,7,11-14,21-22H,6,8H2,(H,19,23,24)/t11-,12+,13-,14-,17+/m1/s1. The first kappa shape index (κ1) is 17.1. The van der Waals surface area contributed by atoms with Crippen LogP contribution in [0.5, 0.6) is 0 Å². The van der Waals surface area contributed by atoms with Crippen molar-refractivity contribution in [3.05, 3.63) is 68.7 Å². The molecule has 2 aromatic rings. The lowest BCUT2D eigenvalue weighted by molar-refractivity contribution is -0.0811. The maximum Gasteiger partial charge on any atom is 0.330 e. The SMILES string of the molecule is O=c1[nH]c(=O)n([C@@H]2C[C@@]3(c4ccccc4)O[C@H](CO)[C@@H](O)[C@H]3O2)cc1F. The van der Waals surface area contributed by atoms with Crippen molar-refractivity contribution in [1.82, 2.24) is 9.55 Å². The number of aromatic amines is 1. The Labute approximate surface area is 146 Å². The van der Waals surface area contributed by atoms with Crippen LogP contribution >= 0.6 is 0 Å². The van der Waals surface area contributed by atoms with Gasteiger partial charge in [-0.25, -0.2) is 4.79 Å². The van der Waals surface area contributed by atoms with Crippen LogP contribution < -0.4 is 11.2 Å². The molecule has 2 aliphatic heterocycles. The van der Waals surface area contributed by atoms with Gasteiger partial charge in [0.2, 0.25) is 5.82 Å². The largest absolute Gasteiger partial charge is 0.394 e. The van der Waals surface area contributed by atoms with Gasteiger partial charge in [0.05, 0.1) is 12.8 Å². The van der Waals surface area contributed by atoms with E-state index in [0.717, 1.165) is 10.8 Å². The number of aliphatic hydroxyl groups is 2.